The molecular formula is C34H49ClN6O7. The summed E-state index contributed by atoms with van der Waals surface area (Å²) in [7, 11) is 0. The molecule has 0 radical (unpaired) electrons. The summed E-state index contributed by atoms with van der Waals surface area (Å²) in [5.41, 5.74) is 0.139. The highest BCUT2D eigenvalue weighted by atomic mass is 35.5. The summed E-state index contributed by atoms with van der Waals surface area (Å²) >= 11 is 6.09. The highest BCUT2D eigenvalue weighted by molar-refractivity contribution is 6.39. The Morgan fingerprint density at radius 3 is 2.38 bits per heavy atom. The van der Waals surface area contributed by atoms with E-state index in [9.17, 15) is 28.8 Å². The molecule has 2 aliphatic rings. The van der Waals surface area contributed by atoms with Gasteiger partial charge in [-0.1, -0.05) is 49.7 Å². The maximum absolute atomic E-state index is 14.0. The van der Waals surface area contributed by atoms with E-state index in [-0.39, 0.29) is 43.9 Å². The van der Waals surface area contributed by atoms with Gasteiger partial charge in [0, 0.05) is 50.7 Å². The number of alkyl carbamates (subject to hydrolysis) is 1. The number of benzene rings is 1. The Hall–Kier alpha value is -3.97. The summed E-state index contributed by atoms with van der Waals surface area (Å²) in [4.78, 5) is 81.8. The first kappa shape index (κ1) is 38.5. The molecule has 2 aliphatic heterocycles. The lowest BCUT2D eigenvalue weighted by molar-refractivity contribution is -0.142. The Morgan fingerprint density at radius 1 is 1.02 bits per heavy atom. The van der Waals surface area contributed by atoms with Crippen LogP contribution in [0.25, 0.3) is 0 Å². The number of piperazine rings is 1. The number of allylic oxidation sites excluding steroid dienone is 1. The predicted molar refractivity (Wildman–Crippen MR) is 181 cm³/mol. The molecule has 0 bridgehead atoms. The Balaban J connectivity index is 1.84. The second-order valence-electron chi connectivity index (χ2n) is 13.4. The summed E-state index contributed by atoms with van der Waals surface area (Å²) in [5.74, 6) is -3.03. The fraction of sp³-hybridized carbons (Fsp3) is 0.588. The van der Waals surface area contributed by atoms with Crippen molar-refractivity contribution in [3.63, 3.8) is 0 Å². The molecule has 1 aromatic carbocycles. The van der Waals surface area contributed by atoms with Crippen molar-refractivity contribution in [2.75, 3.05) is 32.7 Å². The summed E-state index contributed by atoms with van der Waals surface area (Å²) in [6.07, 6.45) is 4.74. The maximum atomic E-state index is 14.0. The molecule has 13 nitrogen and oxygen atoms in total. The van der Waals surface area contributed by atoms with Gasteiger partial charge in [-0.2, -0.15) is 0 Å². The Labute approximate surface area is 287 Å². The first-order valence-electron chi connectivity index (χ1n) is 16.5. The third-order valence-electron chi connectivity index (χ3n) is 7.90. The van der Waals surface area contributed by atoms with Crippen LogP contribution < -0.4 is 21.3 Å². The number of ketones is 1. The number of Topliss-reactive ketones (excluding diaryl/α,β-unsaturated/α-hetero) is 1. The molecule has 1 aromatic rings. The normalized spacial score (nSPS) is 21.7. The minimum Gasteiger partial charge on any atom is -0.444 e. The second-order valence-corrected chi connectivity index (χ2v) is 13.8. The van der Waals surface area contributed by atoms with Crippen molar-refractivity contribution in [3.05, 3.63) is 47.0 Å². The zero-order valence-corrected chi connectivity index (χ0v) is 29.2. The molecular weight excluding hydrogens is 640 g/mol. The number of hydrogen-bond donors (Lipinski definition) is 4. The van der Waals surface area contributed by atoms with Crippen LogP contribution in [-0.2, 0) is 35.3 Å². The maximum Gasteiger partial charge on any atom is 0.408 e. The van der Waals surface area contributed by atoms with Crippen molar-refractivity contribution >= 4 is 47.1 Å². The highest BCUT2D eigenvalue weighted by Gasteiger charge is 2.39. The molecule has 4 N–H and O–H groups in total. The Morgan fingerprint density at radius 2 is 1.71 bits per heavy atom. The summed E-state index contributed by atoms with van der Waals surface area (Å²) in [6.45, 7) is 10.0. The van der Waals surface area contributed by atoms with Crippen LogP contribution >= 0.6 is 11.6 Å². The molecule has 5 amide bonds. The topological polar surface area (TPSA) is 166 Å². The standard InChI is InChI=1S/C34H49ClN6O7/c1-22(2)28(39-33(47)48-34(3,4)5)32(46)41-19-18-40(20-23-12-14-24(35)15-13-23)26(21-41)30(44)38-25-10-8-6-7-9-11-27(42)36-16-17-37-31(45)29(25)43/h8,10,12-15,22,25-26,28H,6-7,9,11,16-21H2,1-5H3,(H,36,42)(H,37,45)(H,38,44)(H,39,47)/b10-8+/t25?,26-,28-/m1/s1. The van der Waals surface area contributed by atoms with E-state index in [1.807, 2.05) is 30.9 Å². The van der Waals surface area contributed by atoms with Gasteiger partial charge < -0.3 is 30.9 Å². The third kappa shape index (κ3) is 12.2. The molecule has 0 saturated carbocycles. The molecule has 2 heterocycles. The lowest BCUT2D eigenvalue weighted by atomic mass is 10.0. The van der Waals surface area contributed by atoms with E-state index in [0.29, 0.717) is 43.8 Å². The number of nitrogens with one attached hydrogen (secondary N) is 4. The number of amides is 5. The molecule has 48 heavy (non-hydrogen) atoms. The van der Waals surface area contributed by atoms with Crippen molar-refractivity contribution in [1.82, 2.24) is 31.1 Å². The lowest BCUT2D eigenvalue weighted by Gasteiger charge is -2.42. The van der Waals surface area contributed by atoms with Crippen LogP contribution in [0.3, 0.4) is 0 Å². The van der Waals surface area contributed by atoms with Crippen LogP contribution in [0.2, 0.25) is 5.02 Å². The number of rotatable bonds is 7. The van der Waals surface area contributed by atoms with Gasteiger partial charge in [-0.05, 0) is 63.6 Å². The van der Waals surface area contributed by atoms with Crippen molar-refractivity contribution in [3.8, 4) is 0 Å². The Kier molecular flexibility index (Phi) is 14.4. The molecule has 0 spiro atoms. The Bertz CT molecular complexity index is 1340. The average Bonchev–Trinajstić information content (AvgIpc) is 3.02. The summed E-state index contributed by atoms with van der Waals surface area (Å²) < 4.78 is 5.39. The SMILES string of the molecule is CC(C)[C@@H](NC(=O)OC(C)(C)C)C(=O)N1CCN(Cc2ccc(Cl)cc2)[C@@H](C(=O)NC2/C=C/CCCCC(=O)NCCNC(=O)C2=O)C1. The molecule has 1 fully saturated rings. The van der Waals surface area contributed by atoms with Crippen molar-refractivity contribution in [1.29, 1.82) is 0 Å². The predicted octanol–water partition coefficient (Wildman–Crippen LogP) is 2.32. The van der Waals surface area contributed by atoms with Gasteiger partial charge in [-0.3, -0.25) is 28.9 Å². The van der Waals surface area contributed by atoms with Gasteiger partial charge in [0.25, 0.3) is 5.91 Å². The number of hydrogen-bond acceptors (Lipinski definition) is 8. The number of halogens is 1. The molecule has 1 saturated heterocycles. The second kappa shape index (κ2) is 18.0. The number of nitrogens with zero attached hydrogens (tertiary/aromatic N) is 2. The zero-order chi connectivity index (χ0) is 35.4. The zero-order valence-electron chi connectivity index (χ0n) is 28.5. The quantitative estimate of drug-likeness (QED) is 0.250. The van der Waals surface area contributed by atoms with Gasteiger partial charge in [-0.15, -0.1) is 0 Å². The number of carbonyl (C=O) groups excluding carboxylic acids is 6. The van der Waals surface area contributed by atoms with Crippen LogP contribution in [-0.4, -0.2) is 102 Å². The molecule has 3 rings (SSSR count). The van der Waals surface area contributed by atoms with Crippen LogP contribution in [0.15, 0.2) is 36.4 Å². The van der Waals surface area contributed by atoms with Gasteiger partial charge in [0.05, 0.1) is 0 Å². The van der Waals surface area contributed by atoms with Gasteiger partial charge in [-0.25, -0.2) is 4.79 Å². The monoisotopic (exact) mass is 688 g/mol. The fourth-order valence-corrected chi connectivity index (χ4v) is 5.48. The van der Waals surface area contributed by atoms with Crippen LogP contribution in [0.5, 0.6) is 0 Å². The van der Waals surface area contributed by atoms with E-state index in [4.69, 9.17) is 16.3 Å². The van der Waals surface area contributed by atoms with E-state index in [2.05, 4.69) is 21.3 Å². The minimum absolute atomic E-state index is 0.0198. The molecule has 0 aromatic heterocycles. The largest absolute Gasteiger partial charge is 0.444 e. The summed E-state index contributed by atoms with van der Waals surface area (Å²) in [5, 5.41) is 11.2. The molecule has 14 heteroatoms. The van der Waals surface area contributed by atoms with Crippen molar-refractivity contribution < 1.29 is 33.5 Å². The van der Waals surface area contributed by atoms with Gasteiger partial charge in [0.2, 0.25) is 23.5 Å². The van der Waals surface area contributed by atoms with E-state index < -0.39 is 47.4 Å². The van der Waals surface area contributed by atoms with Gasteiger partial charge in [0.1, 0.15) is 23.7 Å². The third-order valence-corrected chi connectivity index (χ3v) is 8.15. The van der Waals surface area contributed by atoms with E-state index in [0.717, 1.165) is 5.56 Å². The fourth-order valence-electron chi connectivity index (χ4n) is 5.35. The molecule has 264 valence electrons. The molecule has 0 aliphatic carbocycles. The minimum atomic E-state index is -1.24. The highest BCUT2D eigenvalue weighted by Crippen LogP contribution is 2.19. The van der Waals surface area contributed by atoms with Crippen LogP contribution in [0.4, 0.5) is 4.79 Å². The smallest absolute Gasteiger partial charge is 0.408 e. The average molecular weight is 689 g/mol. The lowest BCUT2D eigenvalue weighted by Crippen LogP contribution is -2.63. The first-order chi connectivity index (χ1) is 22.6. The first-order valence-corrected chi connectivity index (χ1v) is 16.8. The molecule has 1 unspecified atom stereocenters. The van der Waals surface area contributed by atoms with Gasteiger partial charge >= 0.3 is 6.09 Å². The number of ether oxygens (including phenoxy) is 1. The van der Waals surface area contributed by atoms with E-state index >= 15 is 0 Å². The molecule has 3 atom stereocenters. The van der Waals surface area contributed by atoms with Crippen LogP contribution in [0, 0.1) is 5.92 Å². The number of carbonyl (C=O) groups is 6. The summed E-state index contributed by atoms with van der Waals surface area (Å²) in [6, 6.07) is 4.18. The van der Waals surface area contributed by atoms with Crippen molar-refractivity contribution in [2.45, 2.75) is 90.6 Å². The van der Waals surface area contributed by atoms with E-state index in [1.165, 1.54) is 11.0 Å². The van der Waals surface area contributed by atoms with Crippen LogP contribution in [0.1, 0.15) is 65.9 Å². The van der Waals surface area contributed by atoms with Crippen molar-refractivity contribution in [2.24, 2.45) is 5.92 Å². The van der Waals surface area contributed by atoms with Gasteiger partial charge in [0.15, 0.2) is 0 Å². The van der Waals surface area contributed by atoms with E-state index in [1.54, 1.807) is 39.0 Å².